The highest BCUT2D eigenvalue weighted by Crippen LogP contribution is 2.47. The van der Waals surface area contributed by atoms with Gasteiger partial charge in [0.1, 0.15) is 5.57 Å². The molecule has 1 heterocycles. The van der Waals surface area contributed by atoms with E-state index >= 15 is 0 Å². The molecule has 3 nitrogen and oxygen atoms in total. The molecule has 1 aliphatic heterocycles. The zero-order valence-electron chi connectivity index (χ0n) is 16.3. The Labute approximate surface area is 171 Å². The molecule has 2 aromatic carbocycles. The molecule has 1 aliphatic carbocycles. The fourth-order valence-electron chi connectivity index (χ4n) is 4.44. The van der Waals surface area contributed by atoms with Gasteiger partial charge in [0.15, 0.2) is 11.4 Å². The van der Waals surface area contributed by atoms with Crippen LogP contribution >= 0.6 is 11.6 Å². The van der Waals surface area contributed by atoms with Crippen molar-refractivity contribution in [3.05, 3.63) is 64.4 Å². The minimum absolute atomic E-state index is 0.114. The molecule has 0 atom stereocenters. The summed E-state index contributed by atoms with van der Waals surface area (Å²) in [6, 6.07) is 13.5. The number of rotatable bonds is 3. The smallest absolute Gasteiger partial charge is 0.343 e. The molecule has 0 saturated heterocycles. The molecule has 146 valence electrons. The predicted octanol–water partition coefficient (Wildman–Crippen LogP) is 6.48. The number of aryl methyl sites for hydroxylation is 1. The van der Waals surface area contributed by atoms with Gasteiger partial charge in [-0.3, -0.25) is 0 Å². The Morgan fingerprint density at radius 2 is 1.75 bits per heavy atom. The molecule has 0 radical (unpaired) electrons. The fourth-order valence-corrected chi connectivity index (χ4v) is 4.57. The number of hydrogen-bond donors (Lipinski definition) is 1. The van der Waals surface area contributed by atoms with E-state index in [9.17, 15) is 9.90 Å². The molecule has 0 unspecified atom stereocenters. The Balaban J connectivity index is 1.74. The summed E-state index contributed by atoms with van der Waals surface area (Å²) in [4.78, 5) is 12.8. The van der Waals surface area contributed by atoms with Crippen molar-refractivity contribution < 1.29 is 14.6 Å². The Hall–Kier alpha value is -2.26. The molecule has 4 heteroatoms. The standard InChI is InChI=1S/C24H25ClO3/c1-3-16-10-12-24(13-11-16)22(26)21(23(27)28-24)20-14-18(5-4-15(20)2)17-6-8-19(25)9-7-17/h4-9,14,16,26H,3,10-13H2,1-2H3. The van der Waals surface area contributed by atoms with E-state index in [0.717, 1.165) is 41.5 Å². The van der Waals surface area contributed by atoms with Gasteiger partial charge in [0.25, 0.3) is 0 Å². The lowest BCUT2D eigenvalue weighted by molar-refractivity contribution is -0.150. The third-order valence-corrected chi connectivity index (χ3v) is 6.59. The number of carbonyl (C=O) groups excluding carboxylic acids is 1. The van der Waals surface area contributed by atoms with Crippen molar-refractivity contribution in [2.24, 2.45) is 5.92 Å². The van der Waals surface area contributed by atoms with Crippen LogP contribution in [0.5, 0.6) is 0 Å². The van der Waals surface area contributed by atoms with E-state index < -0.39 is 11.6 Å². The van der Waals surface area contributed by atoms with E-state index in [2.05, 4.69) is 6.92 Å². The quantitative estimate of drug-likeness (QED) is 0.604. The van der Waals surface area contributed by atoms with Crippen molar-refractivity contribution in [1.82, 2.24) is 0 Å². The molecule has 0 amide bonds. The SMILES string of the molecule is CCC1CCC2(CC1)OC(=O)C(c1cc(-c3ccc(Cl)cc3)ccc1C)=C2O. The minimum atomic E-state index is -0.833. The predicted molar refractivity (Wildman–Crippen MR) is 112 cm³/mol. The highest BCUT2D eigenvalue weighted by Gasteiger charge is 2.50. The van der Waals surface area contributed by atoms with Gasteiger partial charge in [-0.05, 0) is 79.0 Å². The normalized spacial score (nSPS) is 24.7. The molecule has 1 saturated carbocycles. The summed E-state index contributed by atoms with van der Waals surface area (Å²) in [5.41, 5.74) is 3.15. The van der Waals surface area contributed by atoms with Crippen LogP contribution in [0, 0.1) is 12.8 Å². The maximum Gasteiger partial charge on any atom is 0.343 e. The van der Waals surface area contributed by atoms with E-state index in [1.165, 1.54) is 0 Å². The molecule has 2 aliphatic rings. The number of halogens is 1. The lowest BCUT2D eigenvalue weighted by Gasteiger charge is -2.35. The van der Waals surface area contributed by atoms with Gasteiger partial charge in [-0.2, -0.15) is 0 Å². The van der Waals surface area contributed by atoms with Crippen molar-refractivity contribution in [2.75, 3.05) is 0 Å². The van der Waals surface area contributed by atoms with E-state index in [-0.39, 0.29) is 5.76 Å². The lowest BCUT2D eigenvalue weighted by Crippen LogP contribution is -2.36. The van der Waals surface area contributed by atoms with Crippen molar-refractivity contribution >= 4 is 23.1 Å². The molecular weight excluding hydrogens is 372 g/mol. The second-order valence-electron chi connectivity index (χ2n) is 8.00. The average molecular weight is 397 g/mol. The third-order valence-electron chi connectivity index (χ3n) is 6.34. The third kappa shape index (κ3) is 3.22. The van der Waals surface area contributed by atoms with Crippen molar-refractivity contribution in [2.45, 2.75) is 51.6 Å². The molecule has 4 rings (SSSR count). The number of hydrogen-bond acceptors (Lipinski definition) is 3. The number of aliphatic hydroxyl groups excluding tert-OH is 1. The number of esters is 1. The van der Waals surface area contributed by atoms with Gasteiger partial charge < -0.3 is 9.84 Å². The molecule has 1 N–H and O–H groups in total. The van der Waals surface area contributed by atoms with Gasteiger partial charge in [-0.15, -0.1) is 0 Å². The first-order valence-electron chi connectivity index (χ1n) is 9.97. The summed E-state index contributed by atoms with van der Waals surface area (Å²) < 4.78 is 5.80. The van der Waals surface area contributed by atoms with Crippen LogP contribution in [0.1, 0.15) is 50.2 Å². The van der Waals surface area contributed by atoms with Crippen LogP contribution in [0.3, 0.4) is 0 Å². The van der Waals surface area contributed by atoms with Gasteiger partial charge >= 0.3 is 5.97 Å². The summed E-state index contributed by atoms with van der Waals surface area (Å²) in [7, 11) is 0. The summed E-state index contributed by atoms with van der Waals surface area (Å²) >= 11 is 6.00. The molecular formula is C24H25ClO3. The van der Waals surface area contributed by atoms with Crippen molar-refractivity contribution in [1.29, 1.82) is 0 Å². The second-order valence-corrected chi connectivity index (χ2v) is 8.43. The first-order chi connectivity index (χ1) is 13.4. The average Bonchev–Trinajstić information content (AvgIpc) is 2.93. The number of aliphatic hydroxyl groups is 1. The van der Waals surface area contributed by atoms with Crippen LogP contribution in [0.15, 0.2) is 48.2 Å². The number of carbonyl (C=O) groups is 1. The van der Waals surface area contributed by atoms with Crippen LogP contribution in [0.4, 0.5) is 0 Å². The van der Waals surface area contributed by atoms with Gasteiger partial charge in [-0.25, -0.2) is 4.79 Å². The molecule has 0 aromatic heterocycles. The van der Waals surface area contributed by atoms with Crippen LogP contribution in [0.25, 0.3) is 16.7 Å². The van der Waals surface area contributed by atoms with Crippen molar-refractivity contribution in [3.63, 3.8) is 0 Å². The van der Waals surface area contributed by atoms with E-state index in [1.807, 2.05) is 49.4 Å². The van der Waals surface area contributed by atoms with Crippen molar-refractivity contribution in [3.8, 4) is 11.1 Å². The molecule has 1 spiro atoms. The van der Waals surface area contributed by atoms with E-state index in [1.54, 1.807) is 0 Å². The summed E-state index contributed by atoms with van der Waals surface area (Å²) in [6.07, 6.45) is 4.48. The first kappa shape index (κ1) is 19.1. The monoisotopic (exact) mass is 396 g/mol. The van der Waals surface area contributed by atoms with Gasteiger partial charge in [-0.1, -0.05) is 49.2 Å². The lowest BCUT2D eigenvalue weighted by atomic mass is 9.76. The Morgan fingerprint density at radius 1 is 1.11 bits per heavy atom. The van der Waals surface area contributed by atoms with E-state index in [4.69, 9.17) is 16.3 Å². The van der Waals surface area contributed by atoms with Crippen LogP contribution in [-0.4, -0.2) is 16.7 Å². The Morgan fingerprint density at radius 3 is 2.39 bits per heavy atom. The molecule has 1 fully saturated rings. The van der Waals surface area contributed by atoms with Crippen LogP contribution in [-0.2, 0) is 9.53 Å². The number of ether oxygens (including phenoxy) is 1. The summed E-state index contributed by atoms with van der Waals surface area (Å²) in [5.74, 6) is 0.350. The number of benzene rings is 2. The largest absolute Gasteiger partial charge is 0.507 e. The van der Waals surface area contributed by atoms with Gasteiger partial charge in [0.2, 0.25) is 0 Å². The topological polar surface area (TPSA) is 46.5 Å². The minimum Gasteiger partial charge on any atom is -0.507 e. The Bertz CT molecular complexity index is 935. The fraction of sp³-hybridized carbons (Fsp3) is 0.375. The maximum atomic E-state index is 12.8. The molecule has 0 bridgehead atoms. The second kappa shape index (κ2) is 7.29. The maximum absolute atomic E-state index is 12.8. The molecule has 2 aromatic rings. The highest BCUT2D eigenvalue weighted by molar-refractivity contribution is 6.30. The zero-order valence-corrected chi connectivity index (χ0v) is 17.1. The van der Waals surface area contributed by atoms with Crippen LogP contribution < -0.4 is 0 Å². The Kier molecular flexibility index (Phi) is 4.96. The zero-order chi connectivity index (χ0) is 19.9. The summed E-state index contributed by atoms with van der Waals surface area (Å²) in [6.45, 7) is 4.14. The summed E-state index contributed by atoms with van der Waals surface area (Å²) in [5, 5.41) is 11.8. The van der Waals surface area contributed by atoms with Gasteiger partial charge in [0, 0.05) is 5.02 Å². The molecule has 28 heavy (non-hydrogen) atoms. The highest BCUT2D eigenvalue weighted by atomic mass is 35.5. The van der Waals surface area contributed by atoms with Crippen LogP contribution in [0.2, 0.25) is 5.02 Å². The van der Waals surface area contributed by atoms with E-state index in [0.29, 0.717) is 29.4 Å². The van der Waals surface area contributed by atoms with Gasteiger partial charge in [0.05, 0.1) is 0 Å². The first-order valence-corrected chi connectivity index (χ1v) is 10.4.